The molecule has 0 heterocycles. The molecule has 0 saturated carbocycles. The molecule has 0 amide bonds. The first-order valence-corrected chi connectivity index (χ1v) is 3.27. The smallest absolute Gasteiger partial charge is 0.269 e. The van der Waals surface area contributed by atoms with Crippen LogP contribution in [0.2, 0.25) is 0 Å². The summed E-state index contributed by atoms with van der Waals surface area (Å²) in [5.74, 6) is -8.37. The van der Waals surface area contributed by atoms with E-state index < -0.39 is 40.9 Å². The van der Waals surface area contributed by atoms with Crippen molar-refractivity contribution in [1.29, 1.82) is 0 Å². The lowest BCUT2D eigenvalue weighted by Gasteiger charge is -2.07. The fraction of sp³-hybridized carbons (Fsp3) is 0.143. The second kappa shape index (κ2) is 3.39. The van der Waals surface area contributed by atoms with Crippen molar-refractivity contribution < 1.29 is 26.3 Å². The van der Waals surface area contributed by atoms with E-state index in [-0.39, 0.29) is 0 Å². The predicted octanol–water partition coefficient (Wildman–Crippen LogP) is 2.76. The highest BCUT2D eigenvalue weighted by atomic mass is 19.3. The molecule has 1 rings (SSSR count). The molecule has 0 unspecified atom stereocenters. The third-order valence-electron chi connectivity index (χ3n) is 1.55. The maximum atomic E-state index is 12.6. The van der Waals surface area contributed by atoms with Crippen LogP contribution in [0.4, 0.5) is 32.0 Å². The Bertz CT molecular complexity index is 346. The molecule has 0 saturated heterocycles. The van der Waals surface area contributed by atoms with Crippen molar-refractivity contribution in [3.63, 3.8) is 0 Å². The molecule has 14 heavy (non-hydrogen) atoms. The molecule has 0 bridgehead atoms. The molecule has 1 aromatic carbocycles. The summed E-state index contributed by atoms with van der Waals surface area (Å²) in [6.45, 7) is 0. The van der Waals surface area contributed by atoms with Crippen molar-refractivity contribution in [3.8, 4) is 0 Å². The summed E-state index contributed by atoms with van der Waals surface area (Å²) in [6, 6.07) is 0. The molecule has 0 aromatic heterocycles. The van der Waals surface area contributed by atoms with Crippen LogP contribution < -0.4 is 5.73 Å². The first kappa shape index (κ1) is 10.7. The molecular weight excluding hydrogens is 212 g/mol. The van der Waals surface area contributed by atoms with Gasteiger partial charge in [0.1, 0.15) is 5.69 Å². The molecule has 0 aliphatic heterocycles. The summed E-state index contributed by atoms with van der Waals surface area (Å²) in [6.07, 6.45) is -3.65. The van der Waals surface area contributed by atoms with Gasteiger partial charge in [-0.05, 0) is 0 Å². The minimum atomic E-state index is -3.65. The van der Waals surface area contributed by atoms with E-state index in [1.54, 1.807) is 0 Å². The Morgan fingerprint density at radius 2 is 1.14 bits per heavy atom. The van der Waals surface area contributed by atoms with Gasteiger partial charge in [-0.1, -0.05) is 0 Å². The molecule has 1 nitrogen and oxygen atoms in total. The Hall–Kier alpha value is -1.40. The summed E-state index contributed by atoms with van der Waals surface area (Å²) in [7, 11) is 0. The van der Waals surface area contributed by atoms with Crippen LogP contribution in [0.3, 0.4) is 0 Å². The van der Waals surface area contributed by atoms with Gasteiger partial charge in [0.25, 0.3) is 6.43 Å². The molecule has 78 valence electrons. The Kier molecular flexibility index (Phi) is 2.59. The number of halogens is 6. The van der Waals surface area contributed by atoms with E-state index in [0.717, 1.165) is 0 Å². The van der Waals surface area contributed by atoms with Crippen molar-refractivity contribution in [2.75, 3.05) is 5.73 Å². The average Bonchev–Trinajstić information content (AvgIpc) is 2.11. The van der Waals surface area contributed by atoms with Gasteiger partial charge in [-0.15, -0.1) is 0 Å². The zero-order valence-corrected chi connectivity index (χ0v) is 6.42. The summed E-state index contributed by atoms with van der Waals surface area (Å²) < 4.78 is 74.2. The maximum Gasteiger partial charge on any atom is 0.269 e. The van der Waals surface area contributed by atoms with E-state index in [9.17, 15) is 26.3 Å². The number of hydrogen-bond acceptors (Lipinski definition) is 1. The predicted molar refractivity (Wildman–Crippen MR) is 35.6 cm³/mol. The quantitative estimate of drug-likeness (QED) is 0.435. The van der Waals surface area contributed by atoms with E-state index in [0.29, 0.717) is 0 Å². The van der Waals surface area contributed by atoms with Crippen LogP contribution in [-0.4, -0.2) is 0 Å². The number of alkyl halides is 2. The van der Waals surface area contributed by atoms with Crippen molar-refractivity contribution in [3.05, 3.63) is 28.8 Å². The molecule has 0 aliphatic carbocycles. The topological polar surface area (TPSA) is 26.0 Å². The van der Waals surface area contributed by atoms with Gasteiger partial charge >= 0.3 is 0 Å². The van der Waals surface area contributed by atoms with E-state index in [4.69, 9.17) is 0 Å². The lowest BCUT2D eigenvalue weighted by atomic mass is 10.1. The summed E-state index contributed by atoms with van der Waals surface area (Å²) in [5, 5.41) is 0. The highest BCUT2D eigenvalue weighted by Gasteiger charge is 2.28. The van der Waals surface area contributed by atoms with Crippen molar-refractivity contribution in [2.45, 2.75) is 6.43 Å². The molecule has 0 fully saturated rings. The third-order valence-corrected chi connectivity index (χ3v) is 1.55. The monoisotopic (exact) mass is 215 g/mol. The molecular formula is C7H3F6N. The minimum absolute atomic E-state index is 1.45. The fourth-order valence-corrected chi connectivity index (χ4v) is 0.857. The van der Waals surface area contributed by atoms with Crippen LogP contribution >= 0.6 is 0 Å². The molecule has 0 aliphatic rings. The first-order chi connectivity index (χ1) is 6.37. The van der Waals surface area contributed by atoms with E-state index in [1.165, 1.54) is 0 Å². The molecule has 0 spiro atoms. The maximum absolute atomic E-state index is 12.6. The van der Waals surface area contributed by atoms with Gasteiger partial charge in [-0.3, -0.25) is 0 Å². The SMILES string of the molecule is Nc1c(F)c(F)c(C(F)F)c(F)c1F. The molecule has 0 radical (unpaired) electrons. The summed E-state index contributed by atoms with van der Waals surface area (Å²) in [5.41, 5.74) is 1.17. The van der Waals surface area contributed by atoms with Gasteiger partial charge in [0.05, 0.1) is 5.56 Å². The molecule has 1 aromatic rings. The fourth-order valence-electron chi connectivity index (χ4n) is 0.857. The number of benzene rings is 1. The highest BCUT2D eigenvalue weighted by molar-refractivity contribution is 5.45. The minimum Gasteiger partial charge on any atom is -0.394 e. The van der Waals surface area contributed by atoms with Gasteiger partial charge in [-0.2, -0.15) is 0 Å². The Balaban J connectivity index is 3.60. The van der Waals surface area contributed by atoms with Crippen LogP contribution in [0.1, 0.15) is 12.0 Å². The van der Waals surface area contributed by atoms with Gasteiger partial charge in [0, 0.05) is 0 Å². The zero-order valence-electron chi connectivity index (χ0n) is 6.42. The van der Waals surface area contributed by atoms with Gasteiger partial charge in [-0.25, -0.2) is 26.3 Å². The van der Waals surface area contributed by atoms with Crippen molar-refractivity contribution >= 4 is 5.69 Å². The average molecular weight is 215 g/mol. The van der Waals surface area contributed by atoms with Gasteiger partial charge in [0.15, 0.2) is 23.3 Å². The second-order valence-electron chi connectivity index (χ2n) is 2.38. The molecule has 2 N–H and O–H groups in total. The van der Waals surface area contributed by atoms with Crippen LogP contribution in [0.5, 0.6) is 0 Å². The Morgan fingerprint density at radius 1 is 0.786 bits per heavy atom. The summed E-state index contributed by atoms with van der Waals surface area (Å²) in [4.78, 5) is 0. The standard InChI is InChI=1S/C7H3F6N/c8-2-1(7(12)13)3(9)5(11)6(14)4(2)10/h7H,14H2. The van der Waals surface area contributed by atoms with Crippen LogP contribution in [0, 0.1) is 23.3 Å². The number of hydrogen-bond donors (Lipinski definition) is 1. The van der Waals surface area contributed by atoms with Crippen LogP contribution in [0.25, 0.3) is 0 Å². The van der Waals surface area contributed by atoms with Crippen LogP contribution in [0.15, 0.2) is 0 Å². The largest absolute Gasteiger partial charge is 0.394 e. The second-order valence-corrected chi connectivity index (χ2v) is 2.38. The zero-order chi connectivity index (χ0) is 11.0. The number of rotatable bonds is 1. The lowest BCUT2D eigenvalue weighted by molar-refractivity contribution is 0.138. The van der Waals surface area contributed by atoms with Crippen LogP contribution in [-0.2, 0) is 0 Å². The number of nitrogen functional groups attached to an aromatic ring is 1. The Labute approximate surface area is 74.1 Å². The highest BCUT2D eigenvalue weighted by Crippen LogP contribution is 2.31. The first-order valence-electron chi connectivity index (χ1n) is 3.27. The lowest BCUT2D eigenvalue weighted by Crippen LogP contribution is -2.08. The molecule has 0 atom stereocenters. The number of nitrogens with two attached hydrogens (primary N) is 1. The van der Waals surface area contributed by atoms with Crippen molar-refractivity contribution in [2.24, 2.45) is 0 Å². The summed E-state index contributed by atoms with van der Waals surface area (Å²) >= 11 is 0. The van der Waals surface area contributed by atoms with Gasteiger partial charge in [0.2, 0.25) is 0 Å². The van der Waals surface area contributed by atoms with E-state index in [1.807, 2.05) is 0 Å². The number of anilines is 1. The van der Waals surface area contributed by atoms with E-state index in [2.05, 4.69) is 5.73 Å². The Morgan fingerprint density at radius 3 is 1.43 bits per heavy atom. The normalized spacial score (nSPS) is 11.1. The van der Waals surface area contributed by atoms with Crippen molar-refractivity contribution in [1.82, 2.24) is 0 Å². The third kappa shape index (κ3) is 1.38. The molecule has 7 heteroatoms. The van der Waals surface area contributed by atoms with E-state index >= 15 is 0 Å². The van der Waals surface area contributed by atoms with Gasteiger partial charge < -0.3 is 5.73 Å².